The van der Waals surface area contributed by atoms with Crippen molar-refractivity contribution in [3.05, 3.63) is 65.0 Å². The Bertz CT molecular complexity index is 969. The molecule has 1 fully saturated rings. The molecule has 1 aromatic heterocycles. The summed E-state index contributed by atoms with van der Waals surface area (Å²) in [5.41, 5.74) is 3.13. The second-order valence-corrected chi connectivity index (χ2v) is 7.63. The fourth-order valence-corrected chi connectivity index (χ4v) is 3.51. The van der Waals surface area contributed by atoms with E-state index in [1.165, 1.54) is 5.56 Å². The molecule has 1 N–H and O–H groups in total. The highest BCUT2D eigenvalue weighted by molar-refractivity contribution is 7.80. The van der Waals surface area contributed by atoms with Crippen molar-refractivity contribution in [3.63, 3.8) is 0 Å². The molecule has 0 aliphatic heterocycles. The third-order valence-electron chi connectivity index (χ3n) is 4.75. The molecule has 1 saturated carbocycles. The number of aromatic nitrogens is 2. The smallest absolute Gasteiger partial charge is 0.247 e. The van der Waals surface area contributed by atoms with E-state index in [4.69, 9.17) is 28.2 Å². The summed E-state index contributed by atoms with van der Waals surface area (Å²) in [6.45, 7) is 2.63. The van der Waals surface area contributed by atoms with E-state index in [0.29, 0.717) is 34.5 Å². The van der Waals surface area contributed by atoms with Crippen LogP contribution in [0.2, 0.25) is 5.02 Å². The maximum absolute atomic E-state index is 5.94. The molecule has 7 heteroatoms. The van der Waals surface area contributed by atoms with Crippen LogP contribution < -0.4 is 5.32 Å². The number of anilines is 1. The first-order valence-corrected chi connectivity index (χ1v) is 10.2. The van der Waals surface area contributed by atoms with Gasteiger partial charge in [-0.25, -0.2) is 0 Å². The highest BCUT2D eigenvalue weighted by atomic mass is 35.5. The number of benzene rings is 2. The van der Waals surface area contributed by atoms with Crippen molar-refractivity contribution in [1.29, 1.82) is 0 Å². The van der Waals surface area contributed by atoms with Gasteiger partial charge in [-0.3, -0.25) is 0 Å². The van der Waals surface area contributed by atoms with Gasteiger partial charge in [0.05, 0.1) is 6.54 Å². The zero-order valence-electron chi connectivity index (χ0n) is 15.6. The van der Waals surface area contributed by atoms with Gasteiger partial charge in [-0.05, 0) is 67.4 Å². The van der Waals surface area contributed by atoms with Crippen LogP contribution in [0.3, 0.4) is 0 Å². The topological polar surface area (TPSA) is 54.2 Å². The number of thiocarbonyl (C=S) groups is 1. The summed E-state index contributed by atoms with van der Waals surface area (Å²) >= 11 is 11.6. The van der Waals surface area contributed by atoms with E-state index in [-0.39, 0.29) is 0 Å². The molecule has 0 saturated heterocycles. The third-order valence-corrected chi connectivity index (χ3v) is 5.34. The van der Waals surface area contributed by atoms with Crippen molar-refractivity contribution in [2.24, 2.45) is 0 Å². The second kappa shape index (κ2) is 8.29. The van der Waals surface area contributed by atoms with E-state index in [1.807, 2.05) is 36.4 Å². The molecule has 1 aliphatic rings. The van der Waals surface area contributed by atoms with Gasteiger partial charge in [-0.15, -0.1) is 10.2 Å². The SMILES string of the molecule is CCc1ccccc1NC(=S)N(Cc1nnc(-c2ccc(Cl)cc2)o1)C1CC1. The molecule has 4 rings (SSSR count). The first-order valence-electron chi connectivity index (χ1n) is 9.38. The van der Waals surface area contributed by atoms with E-state index in [0.717, 1.165) is 30.5 Å². The molecule has 0 amide bonds. The molecule has 1 heterocycles. The molecule has 5 nitrogen and oxygen atoms in total. The second-order valence-electron chi connectivity index (χ2n) is 6.81. The average Bonchev–Trinajstić information content (AvgIpc) is 3.45. The van der Waals surface area contributed by atoms with Crippen LogP contribution in [0.5, 0.6) is 0 Å². The first kappa shape index (κ1) is 18.9. The summed E-state index contributed by atoms with van der Waals surface area (Å²) in [6, 6.07) is 16.0. The van der Waals surface area contributed by atoms with Crippen LogP contribution >= 0.6 is 23.8 Å². The predicted molar refractivity (Wildman–Crippen MR) is 115 cm³/mol. The van der Waals surface area contributed by atoms with Gasteiger partial charge in [0.15, 0.2) is 5.11 Å². The fraction of sp³-hybridized carbons (Fsp3) is 0.286. The Hall–Kier alpha value is -2.44. The summed E-state index contributed by atoms with van der Waals surface area (Å²) in [5, 5.41) is 13.1. The summed E-state index contributed by atoms with van der Waals surface area (Å²) in [4.78, 5) is 2.14. The third kappa shape index (κ3) is 4.34. The summed E-state index contributed by atoms with van der Waals surface area (Å²) in [5.74, 6) is 1.03. The maximum atomic E-state index is 5.94. The Kier molecular flexibility index (Phi) is 5.59. The van der Waals surface area contributed by atoms with Gasteiger partial charge < -0.3 is 14.6 Å². The fourth-order valence-electron chi connectivity index (χ4n) is 3.06. The van der Waals surface area contributed by atoms with Gasteiger partial charge >= 0.3 is 0 Å². The van der Waals surface area contributed by atoms with Gasteiger partial charge in [0.2, 0.25) is 11.8 Å². The quantitative estimate of drug-likeness (QED) is 0.553. The van der Waals surface area contributed by atoms with Gasteiger partial charge in [-0.1, -0.05) is 36.7 Å². The van der Waals surface area contributed by atoms with Crippen LogP contribution in [0, 0.1) is 0 Å². The Morgan fingerprint density at radius 2 is 1.93 bits per heavy atom. The van der Waals surface area contributed by atoms with E-state index in [1.54, 1.807) is 0 Å². The number of rotatable bonds is 6. The predicted octanol–water partition coefficient (Wildman–Crippen LogP) is 5.31. The highest BCUT2D eigenvalue weighted by Gasteiger charge is 2.32. The van der Waals surface area contributed by atoms with Crippen molar-refractivity contribution in [2.75, 3.05) is 5.32 Å². The number of nitrogens with zero attached hydrogens (tertiary/aromatic N) is 3. The van der Waals surface area contributed by atoms with Gasteiger partial charge in [0.1, 0.15) is 0 Å². The number of nitrogens with one attached hydrogen (secondary N) is 1. The minimum atomic E-state index is 0.416. The summed E-state index contributed by atoms with van der Waals surface area (Å²) < 4.78 is 5.87. The van der Waals surface area contributed by atoms with E-state index in [9.17, 15) is 0 Å². The molecule has 0 atom stereocenters. The summed E-state index contributed by atoms with van der Waals surface area (Å²) in [7, 11) is 0. The van der Waals surface area contributed by atoms with Crippen LogP contribution in [0.15, 0.2) is 52.9 Å². The van der Waals surface area contributed by atoms with Crippen molar-refractivity contribution < 1.29 is 4.42 Å². The molecule has 1 aliphatic carbocycles. The standard InChI is InChI=1S/C21H21ClN4OS/c1-2-14-5-3-4-6-18(14)23-21(28)26(17-11-12-17)13-19-24-25-20(27-19)15-7-9-16(22)10-8-15/h3-10,17H,2,11-13H2,1H3,(H,23,28). The number of halogens is 1. The lowest BCUT2D eigenvalue weighted by molar-refractivity contribution is 0.351. The van der Waals surface area contributed by atoms with Crippen LogP contribution in [-0.2, 0) is 13.0 Å². The molecule has 2 aromatic carbocycles. The van der Waals surface area contributed by atoms with Gasteiger partial charge in [0, 0.05) is 22.3 Å². The molecule has 0 bridgehead atoms. The Morgan fingerprint density at radius 1 is 1.18 bits per heavy atom. The van der Waals surface area contributed by atoms with Gasteiger partial charge in [0.25, 0.3) is 0 Å². The maximum Gasteiger partial charge on any atom is 0.247 e. The largest absolute Gasteiger partial charge is 0.419 e. The van der Waals surface area contributed by atoms with Crippen molar-refractivity contribution in [2.45, 2.75) is 38.8 Å². The Balaban J connectivity index is 1.48. The summed E-state index contributed by atoms with van der Waals surface area (Å²) in [6.07, 6.45) is 3.19. The van der Waals surface area contributed by atoms with Crippen LogP contribution in [0.4, 0.5) is 5.69 Å². The number of hydrogen-bond donors (Lipinski definition) is 1. The number of aryl methyl sites for hydroxylation is 1. The number of hydrogen-bond acceptors (Lipinski definition) is 4. The van der Waals surface area contributed by atoms with E-state index >= 15 is 0 Å². The lowest BCUT2D eigenvalue weighted by Crippen LogP contribution is -2.36. The molecular formula is C21H21ClN4OS. The van der Waals surface area contributed by atoms with Crippen molar-refractivity contribution >= 4 is 34.6 Å². The van der Waals surface area contributed by atoms with Crippen LogP contribution in [0.25, 0.3) is 11.5 Å². The minimum Gasteiger partial charge on any atom is -0.419 e. The van der Waals surface area contributed by atoms with Crippen LogP contribution in [-0.4, -0.2) is 26.3 Å². The van der Waals surface area contributed by atoms with E-state index < -0.39 is 0 Å². The normalized spacial score (nSPS) is 13.4. The first-order chi connectivity index (χ1) is 13.6. The van der Waals surface area contributed by atoms with Crippen molar-refractivity contribution in [3.8, 4) is 11.5 Å². The molecule has 3 aromatic rings. The Morgan fingerprint density at radius 3 is 2.64 bits per heavy atom. The lowest BCUT2D eigenvalue weighted by atomic mass is 10.1. The molecule has 28 heavy (non-hydrogen) atoms. The minimum absolute atomic E-state index is 0.416. The molecule has 0 radical (unpaired) electrons. The Labute approximate surface area is 174 Å². The van der Waals surface area contributed by atoms with Crippen molar-refractivity contribution in [1.82, 2.24) is 15.1 Å². The van der Waals surface area contributed by atoms with Crippen LogP contribution in [0.1, 0.15) is 31.2 Å². The monoisotopic (exact) mass is 412 g/mol. The number of para-hydroxylation sites is 1. The molecule has 144 valence electrons. The van der Waals surface area contributed by atoms with E-state index in [2.05, 4.69) is 39.5 Å². The average molecular weight is 413 g/mol. The lowest BCUT2D eigenvalue weighted by Gasteiger charge is -2.25. The highest BCUT2D eigenvalue weighted by Crippen LogP contribution is 2.30. The van der Waals surface area contributed by atoms with Gasteiger partial charge in [-0.2, -0.15) is 0 Å². The zero-order valence-corrected chi connectivity index (χ0v) is 17.1. The molecule has 0 spiro atoms. The molecule has 0 unspecified atom stereocenters. The molecular weight excluding hydrogens is 392 g/mol. The zero-order chi connectivity index (χ0) is 19.5.